The number of anilines is 1. The highest BCUT2D eigenvalue weighted by molar-refractivity contribution is 6.00. The molecule has 0 bridgehead atoms. The topological polar surface area (TPSA) is 160 Å². The molecule has 1 aliphatic heterocycles. The minimum atomic E-state index is -1.34. The zero-order chi connectivity index (χ0) is 21.1. The van der Waals surface area contributed by atoms with Crippen molar-refractivity contribution in [3.63, 3.8) is 0 Å². The Kier molecular flexibility index (Phi) is 6.52. The van der Waals surface area contributed by atoms with Gasteiger partial charge in [-0.2, -0.15) is 0 Å². The number of nitrogens with one attached hydrogen (secondary N) is 1. The third-order valence-corrected chi connectivity index (χ3v) is 4.67. The summed E-state index contributed by atoms with van der Waals surface area (Å²) in [6.07, 6.45) is -1.61. The maximum atomic E-state index is 12.4. The van der Waals surface area contributed by atoms with Gasteiger partial charge >= 0.3 is 0 Å². The Hall–Kier alpha value is -2.47. The Morgan fingerprint density at radius 3 is 2.52 bits per heavy atom. The molecule has 4 atom stereocenters. The molecule has 0 radical (unpaired) electrons. The van der Waals surface area contributed by atoms with Crippen molar-refractivity contribution in [3.05, 3.63) is 12.2 Å². The fraction of sp³-hybridized carbons (Fsp3) is 0.611. The summed E-state index contributed by atoms with van der Waals surface area (Å²) in [5, 5.41) is 32.3. The van der Waals surface area contributed by atoms with Gasteiger partial charge in [0.05, 0.1) is 12.9 Å². The molecular weight excluding hydrogens is 382 g/mol. The van der Waals surface area contributed by atoms with Crippen molar-refractivity contribution in [1.82, 2.24) is 19.5 Å². The fourth-order valence-electron chi connectivity index (χ4n) is 3.18. The molecule has 4 N–H and O–H groups in total. The predicted octanol–water partition coefficient (Wildman–Crippen LogP) is 0.159. The number of carbonyl (C=O) groups excluding carboxylic acids is 2. The van der Waals surface area contributed by atoms with Gasteiger partial charge in [-0.25, -0.2) is 15.0 Å². The van der Waals surface area contributed by atoms with Gasteiger partial charge in [-0.15, -0.1) is 0 Å². The smallest absolute Gasteiger partial charge is 0.225 e. The third kappa shape index (κ3) is 4.13. The van der Waals surface area contributed by atoms with Crippen molar-refractivity contribution in [2.75, 3.05) is 11.9 Å². The summed E-state index contributed by atoms with van der Waals surface area (Å²) >= 11 is 0. The normalized spacial score (nSPS) is 24.2. The predicted molar refractivity (Wildman–Crippen MR) is 101 cm³/mol. The first-order valence-corrected chi connectivity index (χ1v) is 9.61. The van der Waals surface area contributed by atoms with Gasteiger partial charge < -0.3 is 25.4 Å². The molecule has 11 nitrogen and oxygen atoms in total. The second kappa shape index (κ2) is 8.91. The highest BCUT2D eigenvalue weighted by Crippen LogP contribution is 2.32. The quantitative estimate of drug-likeness (QED) is 0.447. The lowest BCUT2D eigenvalue weighted by atomic mass is 10.1. The van der Waals surface area contributed by atoms with Crippen LogP contribution in [0, 0.1) is 0 Å². The SMILES string of the molecule is CCCC(=O)Nc1nc(C(=O)CCC)nc2c1ncn2[C@@H]1O[C@H](CO)C(O)C1O. The van der Waals surface area contributed by atoms with Crippen LogP contribution in [0.5, 0.6) is 0 Å². The first-order chi connectivity index (χ1) is 13.9. The Morgan fingerprint density at radius 1 is 1.17 bits per heavy atom. The van der Waals surface area contributed by atoms with Crippen LogP contribution in [-0.2, 0) is 9.53 Å². The van der Waals surface area contributed by atoms with E-state index >= 15 is 0 Å². The number of amides is 1. The van der Waals surface area contributed by atoms with Crippen molar-refractivity contribution in [2.45, 2.75) is 64.1 Å². The molecule has 0 aromatic carbocycles. The molecule has 2 aromatic rings. The molecule has 1 saturated heterocycles. The van der Waals surface area contributed by atoms with E-state index in [4.69, 9.17) is 4.74 Å². The molecule has 1 aliphatic rings. The Morgan fingerprint density at radius 2 is 1.90 bits per heavy atom. The highest BCUT2D eigenvalue weighted by atomic mass is 16.6. The number of rotatable bonds is 8. The van der Waals surface area contributed by atoms with Crippen LogP contribution >= 0.6 is 0 Å². The van der Waals surface area contributed by atoms with Crippen LogP contribution in [0.2, 0.25) is 0 Å². The third-order valence-electron chi connectivity index (χ3n) is 4.67. The summed E-state index contributed by atoms with van der Waals surface area (Å²) in [6.45, 7) is 3.24. The van der Waals surface area contributed by atoms with E-state index in [9.17, 15) is 24.9 Å². The molecule has 2 unspecified atom stereocenters. The van der Waals surface area contributed by atoms with Crippen LogP contribution in [0.4, 0.5) is 5.82 Å². The molecule has 158 valence electrons. The van der Waals surface area contributed by atoms with Crippen LogP contribution in [0.25, 0.3) is 11.2 Å². The van der Waals surface area contributed by atoms with Gasteiger partial charge in [-0.05, 0) is 12.8 Å². The maximum Gasteiger partial charge on any atom is 0.225 e. The van der Waals surface area contributed by atoms with Gasteiger partial charge in [0.15, 0.2) is 34.8 Å². The molecule has 0 aliphatic carbocycles. The fourth-order valence-corrected chi connectivity index (χ4v) is 3.18. The van der Waals surface area contributed by atoms with Crippen molar-refractivity contribution < 1.29 is 29.6 Å². The number of carbonyl (C=O) groups is 2. The minimum absolute atomic E-state index is 0.0837. The highest BCUT2D eigenvalue weighted by Gasteiger charge is 2.44. The largest absolute Gasteiger partial charge is 0.394 e. The summed E-state index contributed by atoms with van der Waals surface area (Å²) in [6, 6.07) is 0. The van der Waals surface area contributed by atoms with Crippen LogP contribution in [0.1, 0.15) is 56.4 Å². The van der Waals surface area contributed by atoms with E-state index in [1.807, 2.05) is 13.8 Å². The zero-order valence-corrected chi connectivity index (χ0v) is 16.3. The number of ether oxygens (including phenoxy) is 1. The Bertz CT molecular complexity index is 900. The maximum absolute atomic E-state index is 12.4. The number of hydrogen-bond donors (Lipinski definition) is 4. The first-order valence-electron chi connectivity index (χ1n) is 9.61. The molecular formula is C18H25N5O6. The number of Topliss-reactive ketones (excluding diaryl/α,β-unsaturated/α-hetero) is 1. The van der Waals surface area contributed by atoms with Gasteiger partial charge in [0.1, 0.15) is 18.3 Å². The lowest BCUT2D eigenvalue weighted by molar-refractivity contribution is -0.116. The average Bonchev–Trinajstić information content (AvgIpc) is 3.23. The van der Waals surface area contributed by atoms with Gasteiger partial charge in [0.2, 0.25) is 5.91 Å². The molecule has 2 aromatic heterocycles. The van der Waals surface area contributed by atoms with Crippen LogP contribution in [0.15, 0.2) is 6.33 Å². The Labute approximate surface area is 166 Å². The number of aliphatic hydroxyl groups is 3. The van der Waals surface area contributed by atoms with Crippen LogP contribution < -0.4 is 5.32 Å². The monoisotopic (exact) mass is 407 g/mol. The number of aliphatic hydroxyl groups excluding tert-OH is 3. The molecule has 0 spiro atoms. The van der Waals surface area contributed by atoms with Gasteiger partial charge in [0, 0.05) is 12.8 Å². The molecule has 3 rings (SSSR count). The number of aromatic nitrogens is 4. The summed E-state index contributed by atoms with van der Waals surface area (Å²) in [5.74, 6) is -0.559. The van der Waals surface area contributed by atoms with Crippen molar-refractivity contribution in [1.29, 1.82) is 0 Å². The van der Waals surface area contributed by atoms with E-state index in [-0.39, 0.29) is 47.3 Å². The summed E-state index contributed by atoms with van der Waals surface area (Å²) in [7, 11) is 0. The molecule has 1 amide bonds. The molecule has 3 heterocycles. The Balaban J connectivity index is 2.07. The van der Waals surface area contributed by atoms with Crippen molar-refractivity contribution in [2.24, 2.45) is 0 Å². The van der Waals surface area contributed by atoms with E-state index in [1.54, 1.807) is 0 Å². The molecule has 1 fully saturated rings. The number of ketones is 1. The summed E-state index contributed by atoms with van der Waals surface area (Å²) in [5.41, 5.74) is 0.390. The van der Waals surface area contributed by atoms with Gasteiger partial charge in [-0.3, -0.25) is 14.2 Å². The standard InChI is InChI=1S/C18H25N5O6/c1-3-5-9(25)15-21-16(20-11(26)6-4-2)12-17(22-15)23(8-19-12)18-14(28)13(27)10(7-24)29-18/h8,10,13-14,18,24,27-28H,3-7H2,1-2H3,(H,20,21,22,26)/t10-,13?,14?,18-/m1/s1. The van der Waals surface area contributed by atoms with Gasteiger partial charge in [0.25, 0.3) is 0 Å². The number of nitrogens with zero attached hydrogens (tertiary/aromatic N) is 4. The number of imidazole rings is 1. The van der Waals surface area contributed by atoms with Crippen molar-refractivity contribution in [3.8, 4) is 0 Å². The average molecular weight is 407 g/mol. The molecule has 11 heteroatoms. The second-order valence-electron chi connectivity index (χ2n) is 6.92. The lowest BCUT2D eigenvalue weighted by Gasteiger charge is -2.17. The summed E-state index contributed by atoms with van der Waals surface area (Å²) < 4.78 is 6.90. The number of fused-ring (bicyclic) bond motifs is 1. The minimum Gasteiger partial charge on any atom is -0.394 e. The van der Waals surface area contributed by atoms with Gasteiger partial charge in [-0.1, -0.05) is 13.8 Å². The van der Waals surface area contributed by atoms with E-state index < -0.39 is 31.1 Å². The van der Waals surface area contributed by atoms with Crippen LogP contribution in [-0.4, -0.2) is 71.4 Å². The van der Waals surface area contributed by atoms with E-state index in [1.165, 1.54) is 10.9 Å². The van der Waals surface area contributed by atoms with Crippen LogP contribution in [0.3, 0.4) is 0 Å². The van der Waals surface area contributed by atoms with E-state index in [0.29, 0.717) is 12.8 Å². The van der Waals surface area contributed by atoms with Crippen molar-refractivity contribution >= 4 is 28.7 Å². The zero-order valence-electron chi connectivity index (χ0n) is 16.3. The van der Waals surface area contributed by atoms with E-state index in [0.717, 1.165) is 0 Å². The summed E-state index contributed by atoms with van der Waals surface area (Å²) in [4.78, 5) is 37.2. The number of hydrogen-bond acceptors (Lipinski definition) is 9. The first kappa shape index (κ1) is 21.2. The lowest BCUT2D eigenvalue weighted by Crippen LogP contribution is -2.33. The second-order valence-corrected chi connectivity index (χ2v) is 6.92. The van der Waals surface area contributed by atoms with E-state index in [2.05, 4.69) is 20.3 Å². The molecule has 29 heavy (non-hydrogen) atoms. The molecule has 0 saturated carbocycles.